The number of urea groups is 1. The maximum absolute atomic E-state index is 12.2. The third-order valence-electron chi connectivity index (χ3n) is 4.71. The van der Waals surface area contributed by atoms with Crippen LogP contribution in [0, 0.1) is 12.8 Å². The van der Waals surface area contributed by atoms with Gasteiger partial charge in [-0.05, 0) is 56.2 Å². The number of nitrogens with one attached hydrogen (secondary N) is 2. The van der Waals surface area contributed by atoms with E-state index in [1.807, 2.05) is 31.2 Å². The fourth-order valence-electron chi connectivity index (χ4n) is 3.08. The van der Waals surface area contributed by atoms with Gasteiger partial charge in [0, 0.05) is 25.3 Å². The molecule has 0 unspecified atom stereocenters. The van der Waals surface area contributed by atoms with Crippen LogP contribution in [0.3, 0.4) is 0 Å². The first kappa shape index (κ1) is 17.2. The van der Waals surface area contributed by atoms with E-state index in [9.17, 15) is 13.2 Å². The molecular weight excluding hydrogens is 326 g/mol. The molecule has 24 heavy (non-hydrogen) atoms. The Labute approximate surface area is 143 Å². The van der Waals surface area contributed by atoms with Crippen molar-refractivity contribution >= 4 is 21.7 Å². The molecule has 1 aliphatic heterocycles. The first-order valence-corrected chi connectivity index (χ1v) is 10.1. The van der Waals surface area contributed by atoms with Gasteiger partial charge in [0.25, 0.3) is 0 Å². The number of amides is 2. The summed E-state index contributed by atoms with van der Waals surface area (Å²) in [5.74, 6) is 0.332. The van der Waals surface area contributed by atoms with Crippen molar-refractivity contribution < 1.29 is 13.2 Å². The van der Waals surface area contributed by atoms with Crippen LogP contribution in [0.2, 0.25) is 0 Å². The first-order valence-electron chi connectivity index (χ1n) is 8.55. The van der Waals surface area contributed by atoms with Crippen LogP contribution in [-0.2, 0) is 10.0 Å². The minimum Gasteiger partial charge on any atom is -0.338 e. The summed E-state index contributed by atoms with van der Waals surface area (Å²) in [4.78, 5) is 12.0. The standard InChI is InChI=1S/C17H25N3O3S/c1-13-3-2-4-15(11-13)19-17(21)18-12-14-7-9-20(10-8-14)24(22,23)16-5-6-16/h2-4,11,14,16H,5-10,12H2,1H3,(H2,18,19,21). The Balaban J connectivity index is 1.41. The molecule has 1 aromatic carbocycles. The zero-order valence-corrected chi connectivity index (χ0v) is 14.8. The number of carbonyl (C=O) groups excluding carboxylic acids is 1. The van der Waals surface area contributed by atoms with Crippen molar-refractivity contribution in [2.24, 2.45) is 5.92 Å². The van der Waals surface area contributed by atoms with Gasteiger partial charge in [0.15, 0.2) is 0 Å². The lowest BCUT2D eigenvalue weighted by Gasteiger charge is -2.31. The summed E-state index contributed by atoms with van der Waals surface area (Å²) in [5.41, 5.74) is 1.87. The Morgan fingerprint density at radius 3 is 2.54 bits per heavy atom. The Kier molecular flexibility index (Phi) is 5.10. The van der Waals surface area contributed by atoms with Crippen molar-refractivity contribution in [1.29, 1.82) is 0 Å². The van der Waals surface area contributed by atoms with Gasteiger partial charge in [-0.1, -0.05) is 12.1 Å². The van der Waals surface area contributed by atoms with Crippen molar-refractivity contribution in [2.45, 2.75) is 37.9 Å². The van der Waals surface area contributed by atoms with E-state index in [-0.39, 0.29) is 11.3 Å². The molecule has 0 atom stereocenters. The van der Waals surface area contributed by atoms with Crippen LogP contribution in [0.1, 0.15) is 31.2 Å². The number of anilines is 1. The molecule has 2 aliphatic rings. The van der Waals surface area contributed by atoms with Crippen molar-refractivity contribution in [1.82, 2.24) is 9.62 Å². The lowest BCUT2D eigenvalue weighted by molar-refractivity contribution is 0.240. The molecule has 2 N–H and O–H groups in total. The van der Waals surface area contributed by atoms with Gasteiger partial charge in [-0.3, -0.25) is 0 Å². The number of aryl methyl sites for hydroxylation is 1. The van der Waals surface area contributed by atoms with Crippen molar-refractivity contribution in [2.75, 3.05) is 25.0 Å². The topological polar surface area (TPSA) is 78.5 Å². The number of hydrogen-bond donors (Lipinski definition) is 2. The lowest BCUT2D eigenvalue weighted by atomic mass is 9.98. The number of rotatable bonds is 5. The quantitative estimate of drug-likeness (QED) is 0.854. The normalized spacial score (nSPS) is 19.9. The average Bonchev–Trinajstić information content (AvgIpc) is 3.39. The van der Waals surface area contributed by atoms with Gasteiger partial charge >= 0.3 is 6.03 Å². The summed E-state index contributed by atoms with van der Waals surface area (Å²) in [7, 11) is -3.05. The molecule has 7 heteroatoms. The second-order valence-electron chi connectivity index (χ2n) is 6.79. The van der Waals surface area contributed by atoms with Crippen LogP contribution in [0.15, 0.2) is 24.3 Å². The molecule has 1 saturated carbocycles. The van der Waals surface area contributed by atoms with Crippen molar-refractivity contribution in [3.63, 3.8) is 0 Å². The highest BCUT2D eigenvalue weighted by Gasteiger charge is 2.41. The summed E-state index contributed by atoms with van der Waals surface area (Å²) in [6, 6.07) is 7.44. The largest absolute Gasteiger partial charge is 0.338 e. The molecule has 0 spiro atoms. The molecule has 1 aromatic rings. The highest BCUT2D eigenvalue weighted by atomic mass is 32.2. The smallest absolute Gasteiger partial charge is 0.319 e. The van der Waals surface area contributed by atoms with Crippen molar-refractivity contribution in [3.05, 3.63) is 29.8 Å². The molecule has 1 aliphatic carbocycles. The van der Waals surface area contributed by atoms with E-state index < -0.39 is 10.0 Å². The van der Waals surface area contributed by atoms with Crippen LogP contribution in [0.25, 0.3) is 0 Å². The van der Waals surface area contributed by atoms with Gasteiger partial charge in [0.2, 0.25) is 10.0 Å². The predicted molar refractivity (Wildman–Crippen MR) is 94.4 cm³/mol. The van der Waals surface area contributed by atoms with E-state index in [0.29, 0.717) is 25.6 Å². The van der Waals surface area contributed by atoms with Crippen LogP contribution in [-0.4, -0.2) is 43.6 Å². The number of hydrogen-bond acceptors (Lipinski definition) is 3. The van der Waals surface area contributed by atoms with Gasteiger partial charge in [-0.15, -0.1) is 0 Å². The van der Waals surface area contributed by atoms with E-state index in [1.54, 1.807) is 4.31 Å². The lowest BCUT2D eigenvalue weighted by Crippen LogP contribution is -2.43. The predicted octanol–water partition coefficient (Wildman–Crippen LogP) is 2.32. The van der Waals surface area contributed by atoms with Crippen LogP contribution >= 0.6 is 0 Å². The minimum absolute atomic E-state index is 0.132. The van der Waals surface area contributed by atoms with Crippen LogP contribution in [0.4, 0.5) is 10.5 Å². The van der Waals surface area contributed by atoms with E-state index in [0.717, 1.165) is 36.9 Å². The van der Waals surface area contributed by atoms with Crippen LogP contribution in [0.5, 0.6) is 0 Å². The monoisotopic (exact) mass is 351 g/mol. The molecular formula is C17H25N3O3S. The number of piperidine rings is 1. The SMILES string of the molecule is Cc1cccc(NC(=O)NCC2CCN(S(=O)(=O)C3CC3)CC2)c1. The molecule has 0 aromatic heterocycles. The number of nitrogens with zero attached hydrogens (tertiary/aromatic N) is 1. The molecule has 6 nitrogen and oxygen atoms in total. The Bertz CT molecular complexity index is 693. The minimum atomic E-state index is -3.05. The van der Waals surface area contributed by atoms with E-state index in [4.69, 9.17) is 0 Å². The second-order valence-corrected chi connectivity index (χ2v) is 9.00. The van der Waals surface area contributed by atoms with Gasteiger partial charge in [-0.2, -0.15) is 0 Å². The van der Waals surface area contributed by atoms with Gasteiger partial charge in [0.1, 0.15) is 0 Å². The molecule has 3 rings (SSSR count). The highest BCUT2D eigenvalue weighted by molar-refractivity contribution is 7.90. The number of carbonyl (C=O) groups is 1. The van der Waals surface area contributed by atoms with Gasteiger partial charge in [0.05, 0.1) is 5.25 Å². The Hall–Kier alpha value is -1.60. The summed E-state index contributed by atoms with van der Waals surface area (Å²) in [6.07, 6.45) is 3.22. The third kappa shape index (κ3) is 4.27. The fourth-order valence-corrected chi connectivity index (χ4v) is 4.95. The summed E-state index contributed by atoms with van der Waals surface area (Å²) < 4.78 is 26.0. The molecule has 1 heterocycles. The van der Waals surface area contributed by atoms with Gasteiger partial charge < -0.3 is 10.6 Å². The second kappa shape index (κ2) is 7.11. The molecule has 1 saturated heterocycles. The summed E-state index contributed by atoms with van der Waals surface area (Å²) in [5, 5.41) is 5.58. The summed E-state index contributed by atoms with van der Waals surface area (Å²) in [6.45, 7) is 3.71. The number of benzene rings is 1. The summed E-state index contributed by atoms with van der Waals surface area (Å²) >= 11 is 0. The number of sulfonamides is 1. The maximum atomic E-state index is 12.2. The zero-order chi connectivity index (χ0) is 17.2. The van der Waals surface area contributed by atoms with E-state index in [2.05, 4.69) is 10.6 Å². The molecule has 2 amide bonds. The average molecular weight is 351 g/mol. The Morgan fingerprint density at radius 2 is 1.92 bits per heavy atom. The Morgan fingerprint density at radius 1 is 1.21 bits per heavy atom. The van der Waals surface area contributed by atoms with E-state index in [1.165, 1.54) is 0 Å². The third-order valence-corrected chi connectivity index (χ3v) is 7.11. The van der Waals surface area contributed by atoms with Gasteiger partial charge in [-0.25, -0.2) is 17.5 Å². The first-order chi connectivity index (χ1) is 11.4. The molecule has 132 valence electrons. The molecule has 0 bridgehead atoms. The zero-order valence-electron chi connectivity index (χ0n) is 14.0. The van der Waals surface area contributed by atoms with Crippen LogP contribution < -0.4 is 10.6 Å². The highest BCUT2D eigenvalue weighted by Crippen LogP contribution is 2.33. The van der Waals surface area contributed by atoms with E-state index >= 15 is 0 Å². The molecule has 2 fully saturated rings. The maximum Gasteiger partial charge on any atom is 0.319 e. The van der Waals surface area contributed by atoms with Crippen molar-refractivity contribution in [3.8, 4) is 0 Å². The molecule has 0 radical (unpaired) electrons. The fraction of sp³-hybridized carbons (Fsp3) is 0.588.